The number of aromatic amines is 1. The van der Waals surface area contributed by atoms with E-state index >= 15 is 0 Å². The van der Waals surface area contributed by atoms with E-state index < -0.39 is 0 Å². The number of fused-ring (bicyclic) bond motifs is 1. The first-order valence-corrected chi connectivity index (χ1v) is 9.06. The average molecular weight is 353 g/mol. The van der Waals surface area contributed by atoms with Gasteiger partial charge in [-0.05, 0) is 25.8 Å². The van der Waals surface area contributed by atoms with E-state index in [1.165, 1.54) is 0 Å². The van der Waals surface area contributed by atoms with Crippen LogP contribution in [-0.2, 0) is 13.5 Å². The van der Waals surface area contributed by atoms with Gasteiger partial charge in [-0.25, -0.2) is 9.97 Å². The lowest BCUT2D eigenvalue weighted by atomic mass is 9.95. The van der Waals surface area contributed by atoms with E-state index in [0.717, 1.165) is 47.6 Å². The molecule has 26 heavy (non-hydrogen) atoms. The predicted molar refractivity (Wildman–Crippen MR) is 96.9 cm³/mol. The van der Waals surface area contributed by atoms with Crippen LogP contribution >= 0.6 is 0 Å². The van der Waals surface area contributed by atoms with Crippen LogP contribution in [-0.4, -0.2) is 53.8 Å². The first-order chi connectivity index (χ1) is 12.6. The lowest BCUT2D eigenvalue weighted by Gasteiger charge is -2.31. The zero-order chi connectivity index (χ0) is 18.3. The highest BCUT2D eigenvalue weighted by Crippen LogP contribution is 2.27. The van der Waals surface area contributed by atoms with Gasteiger partial charge in [0.25, 0.3) is 5.91 Å². The van der Waals surface area contributed by atoms with Gasteiger partial charge in [-0.2, -0.15) is 10.2 Å². The molecule has 136 valence electrons. The summed E-state index contributed by atoms with van der Waals surface area (Å²) in [5.74, 6) is 2.16. The number of H-pyrrole nitrogens is 1. The molecule has 1 aliphatic rings. The van der Waals surface area contributed by atoms with E-state index in [9.17, 15) is 4.79 Å². The number of nitrogens with one attached hydrogen (secondary N) is 1. The number of aryl methyl sites for hydroxylation is 3. The zero-order valence-electron chi connectivity index (χ0n) is 15.4. The van der Waals surface area contributed by atoms with Crippen LogP contribution in [0, 0.1) is 6.92 Å². The quantitative estimate of drug-likeness (QED) is 0.777. The van der Waals surface area contributed by atoms with Crippen LogP contribution in [0.15, 0.2) is 12.3 Å². The van der Waals surface area contributed by atoms with Gasteiger partial charge in [0.2, 0.25) is 0 Å². The van der Waals surface area contributed by atoms with Crippen molar-refractivity contribution in [2.75, 3.05) is 13.1 Å². The highest BCUT2D eigenvalue weighted by Gasteiger charge is 2.28. The number of likely N-dealkylation sites (tertiary alicyclic amines) is 1. The van der Waals surface area contributed by atoms with Crippen molar-refractivity contribution >= 4 is 16.9 Å². The molecule has 3 aromatic rings. The number of carbonyl (C=O) groups is 1. The Hall–Kier alpha value is -2.77. The van der Waals surface area contributed by atoms with Gasteiger partial charge in [0, 0.05) is 38.2 Å². The number of pyridine rings is 1. The zero-order valence-corrected chi connectivity index (χ0v) is 15.4. The molecular formula is C18H23N7O. The molecule has 0 spiro atoms. The maximum atomic E-state index is 13.1. The number of nitrogens with zero attached hydrogens (tertiary/aromatic N) is 6. The van der Waals surface area contributed by atoms with Crippen molar-refractivity contribution in [1.82, 2.24) is 34.8 Å². The van der Waals surface area contributed by atoms with Gasteiger partial charge in [0.05, 0.1) is 17.1 Å². The molecule has 0 aromatic carbocycles. The summed E-state index contributed by atoms with van der Waals surface area (Å²) in [6, 6.07) is 1.86. The van der Waals surface area contributed by atoms with Crippen molar-refractivity contribution in [1.29, 1.82) is 0 Å². The first-order valence-electron chi connectivity index (χ1n) is 9.06. The Morgan fingerprint density at radius 1 is 1.31 bits per heavy atom. The Labute approximate surface area is 151 Å². The fraction of sp³-hybridized carbons (Fsp3) is 0.500. The van der Waals surface area contributed by atoms with Crippen molar-refractivity contribution in [3.63, 3.8) is 0 Å². The minimum atomic E-state index is 0.0520. The van der Waals surface area contributed by atoms with E-state index in [1.54, 1.807) is 10.9 Å². The molecule has 0 unspecified atom stereocenters. The van der Waals surface area contributed by atoms with E-state index in [2.05, 4.69) is 32.2 Å². The second-order valence-electron chi connectivity index (χ2n) is 6.88. The number of carbonyl (C=O) groups excluding carboxylic acids is 1. The molecule has 0 atom stereocenters. The van der Waals surface area contributed by atoms with Crippen molar-refractivity contribution in [3.8, 4) is 0 Å². The summed E-state index contributed by atoms with van der Waals surface area (Å²) < 4.78 is 1.71. The molecule has 3 aromatic heterocycles. The van der Waals surface area contributed by atoms with Crippen LogP contribution in [0.25, 0.3) is 11.0 Å². The second kappa shape index (κ2) is 6.51. The number of hydrogen-bond acceptors (Lipinski definition) is 5. The third-order valence-corrected chi connectivity index (χ3v) is 5.09. The molecule has 8 nitrogen and oxygen atoms in total. The predicted octanol–water partition coefficient (Wildman–Crippen LogP) is 1.98. The molecule has 1 fully saturated rings. The van der Waals surface area contributed by atoms with Gasteiger partial charge in [0.1, 0.15) is 5.82 Å². The number of hydrogen-bond donors (Lipinski definition) is 1. The monoisotopic (exact) mass is 353 g/mol. The van der Waals surface area contributed by atoms with Crippen molar-refractivity contribution in [3.05, 3.63) is 35.2 Å². The molecule has 1 saturated heterocycles. The van der Waals surface area contributed by atoms with E-state index in [-0.39, 0.29) is 5.91 Å². The molecule has 0 saturated carbocycles. The topological polar surface area (TPSA) is 92.6 Å². The fourth-order valence-electron chi connectivity index (χ4n) is 3.58. The van der Waals surface area contributed by atoms with Crippen LogP contribution in [0.2, 0.25) is 0 Å². The maximum Gasteiger partial charge on any atom is 0.254 e. The van der Waals surface area contributed by atoms with E-state index in [1.807, 2.05) is 24.9 Å². The van der Waals surface area contributed by atoms with Crippen LogP contribution in [0.1, 0.15) is 53.4 Å². The standard InChI is InChI=1S/C18H23N7O/c1-4-15-21-16(23-22-15)12-5-7-25(8-6-12)18(26)13-9-11(2)20-17-14(13)10-19-24(17)3/h9-10,12H,4-8H2,1-3H3,(H,21,22,23). The summed E-state index contributed by atoms with van der Waals surface area (Å²) >= 11 is 0. The minimum absolute atomic E-state index is 0.0520. The molecule has 0 bridgehead atoms. The summed E-state index contributed by atoms with van der Waals surface area (Å²) in [6.45, 7) is 5.39. The highest BCUT2D eigenvalue weighted by molar-refractivity contribution is 6.05. The van der Waals surface area contributed by atoms with Crippen molar-refractivity contribution in [2.45, 2.75) is 39.0 Å². The molecule has 1 aliphatic heterocycles. The van der Waals surface area contributed by atoms with Gasteiger partial charge >= 0.3 is 0 Å². The lowest BCUT2D eigenvalue weighted by Crippen LogP contribution is -2.38. The number of piperidine rings is 1. The number of amides is 1. The Morgan fingerprint density at radius 2 is 2.08 bits per heavy atom. The third kappa shape index (κ3) is 2.85. The van der Waals surface area contributed by atoms with Crippen LogP contribution in [0.3, 0.4) is 0 Å². The van der Waals surface area contributed by atoms with Crippen LogP contribution in [0.4, 0.5) is 0 Å². The average Bonchev–Trinajstić information content (AvgIpc) is 3.28. The Morgan fingerprint density at radius 3 is 2.77 bits per heavy atom. The Kier molecular flexibility index (Phi) is 4.18. The summed E-state index contributed by atoms with van der Waals surface area (Å²) in [6.07, 6.45) is 4.34. The molecule has 4 rings (SSSR count). The number of aromatic nitrogens is 6. The van der Waals surface area contributed by atoms with E-state index in [4.69, 9.17) is 0 Å². The normalized spacial score (nSPS) is 15.7. The maximum absolute atomic E-state index is 13.1. The first kappa shape index (κ1) is 16.7. The Bertz CT molecular complexity index is 950. The van der Waals surface area contributed by atoms with Crippen LogP contribution in [0.5, 0.6) is 0 Å². The fourth-order valence-corrected chi connectivity index (χ4v) is 3.58. The Balaban J connectivity index is 1.52. The van der Waals surface area contributed by atoms with Gasteiger partial charge < -0.3 is 4.90 Å². The second-order valence-corrected chi connectivity index (χ2v) is 6.88. The molecule has 1 amide bonds. The summed E-state index contributed by atoms with van der Waals surface area (Å²) in [5, 5.41) is 12.4. The van der Waals surface area contributed by atoms with Gasteiger partial charge in [-0.1, -0.05) is 6.92 Å². The van der Waals surface area contributed by atoms with Crippen LogP contribution < -0.4 is 0 Å². The summed E-state index contributed by atoms with van der Waals surface area (Å²) in [4.78, 5) is 24.1. The van der Waals surface area contributed by atoms with Gasteiger partial charge in [-0.3, -0.25) is 14.6 Å². The van der Waals surface area contributed by atoms with Gasteiger partial charge in [0.15, 0.2) is 11.5 Å². The molecule has 8 heteroatoms. The molecular weight excluding hydrogens is 330 g/mol. The largest absolute Gasteiger partial charge is 0.339 e. The summed E-state index contributed by atoms with van der Waals surface area (Å²) in [7, 11) is 1.84. The molecule has 0 aliphatic carbocycles. The SMILES string of the molecule is CCc1nc(C2CCN(C(=O)c3cc(C)nc4c3cnn4C)CC2)n[nH]1. The van der Waals surface area contributed by atoms with E-state index in [0.29, 0.717) is 24.6 Å². The lowest BCUT2D eigenvalue weighted by molar-refractivity contribution is 0.0713. The minimum Gasteiger partial charge on any atom is -0.339 e. The van der Waals surface area contributed by atoms with Gasteiger partial charge in [-0.15, -0.1) is 0 Å². The molecule has 0 radical (unpaired) electrons. The molecule has 4 heterocycles. The summed E-state index contributed by atoms with van der Waals surface area (Å²) in [5.41, 5.74) is 2.26. The number of rotatable bonds is 3. The van der Waals surface area contributed by atoms with Crippen molar-refractivity contribution in [2.24, 2.45) is 7.05 Å². The smallest absolute Gasteiger partial charge is 0.254 e. The molecule has 1 N–H and O–H groups in total. The third-order valence-electron chi connectivity index (χ3n) is 5.09. The highest BCUT2D eigenvalue weighted by atomic mass is 16.2. The van der Waals surface area contributed by atoms with Crippen molar-refractivity contribution < 1.29 is 4.79 Å².